The number of oxazole rings is 1. The first-order chi connectivity index (χ1) is 7.29. The van der Waals surface area contributed by atoms with Crippen molar-refractivity contribution in [3.63, 3.8) is 0 Å². The molecule has 1 N–H and O–H groups in total. The molecule has 0 radical (unpaired) electrons. The standard InChI is InChI=1S/C9H11BrN4O/c1-2-11-4-8-6-15-9(13-8)14-5-7(10)3-12-14/h3,5-6,11H,2,4H2,1H3. The van der Waals surface area contributed by atoms with Crippen molar-refractivity contribution < 1.29 is 4.42 Å². The van der Waals surface area contributed by atoms with Gasteiger partial charge in [0.05, 0.1) is 16.4 Å². The Balaban J connectivity index is 2.13. The highest BCUT2D eigenvalue weighted by Crippen LogP contribution is 2.12. The van der Waals surface area contributed by atoms with Crippen LogP contribution in [0.5, 0.6) is 0 Å². The summed E-state index contributed by atoms with van der Waals surface area (Å²) in [5, 5.41) is 7.25. The summed E-state index contributed by atoms with van der Waals surface area (Å²) in [7, 11) is 0. The molecule has 0 atom stereocenters. The van der Waals surface area contributed by atoms with Gasteiger partial charge in [-0.05, 0) is 22.5 Å². The van der Waals surface area contributed by atoms with Crippen LogP contribution in [0.2, 0.25) is 0 Å². The second-order valence-electron chi connectivity index (χ2n) is 3.00. The van der Waals surface area contributed by atoms with E-state index in [1.165, 1.54) is 0 Å². The maximum Gasteiger partial charge on any atom is 0.322 e. The second-order valence-corrected chi connectivity index (χ2v) is 3.92. The average molecular weight is 271 g/mol. The van der Waals surface area contributed by atoms with E-state index in [2.05, 4.69) is 31.3 Å². The van der Waals surface area contributed by atoms with Crippen molar-refractivity contribution in [2.75, 3.05) is 6.54 Å². The monoisotopic (exact) mass is 270 g/mol. The third-order valence-electron chi connectivity index (χ3n) is 1.84. The molecule has 2 rings (SSSR count). The van der Waals surface area contributed by atoms with Gasteiger partial charge in [-0.1, -0.05) is 6.92 Å². The van der Waals surface area contributed by atoms with Crippen molar-refractivity contribution in [2.24, 2.45) is 0 Å². The molecule has 2 aromatic rings. The van der Waals surface area contributed by atoms with Gasteiger partial charge in [-0.25, -0.2) is 0 Å². The van der Waals surface area contributed by atoms with Crippen LogP contribution >= 0.6 is 15.9 Å². The van der Waals surface area contributed by atoms with E-state index in [1.54, 1.807) is 23.3 Å². The fourth-order valence-electron chi connectivity index (χ4n) is 1.14. The summed E-state index contributed by atoms with van der Waals surface area (Å²) >= 11 is 3.31. The van der Waals surface area contributed by atoms with Crippen LogP contribution in [0.3, 0.4) is 0 Å². The Labute approximate surface area is 95.6 Å². The lowest BCUT2D eigenvalue weighted by Crippen LogP contribution is -2.12. The molecule has 0 aliphatic carbocycles. The average Bonchev–Trinajstić information content (AvgIpc) is 2.83. The highest BCUT2D eigenvalue weighted by Gasteiger charge is 2.06. The van der Waals surface area contributed by atoms with Crippen LogP contribution in [-0.4, -0.2) is 21.3 Å². The van der Waals surface area contributed by atoms with Crippen LogP contribution in [0.1, 0.15) is 12.6 Å². The van der Waals surface area contributed by atoms with Gasteiger partial charge in [-0.2, -0.15) is 14.8 Å². The summed E-state index contributed by atoms with van der Waals surface area (Å²) < 4.78 is 7.77. The van der Waals surface area contributed by atoms with Gasteiger partial charge in [0, 0.05) is 12.7 Å². The molecular weight excluding hydrogens is 260 g/mol. The molecule has 0 unspecified atom stereocenters. The SMILES string of the molecule is CCNCc1coc(-n2cc(Br)cn2)n1. The van der Waals surface area contributed by atoms with E-state index in [4.69, 9.17) is 4.42 Å². The number of hydrogen-bond donors (Lipinski definition) is 1. The van der Waals surface area contributed by atoms with E-state index in [1.807, 2.05) is 6.92 Å². The van der Waals surface area contributed by atoms with Gasteiger partial charge in [0.15, 0.2) is 0 Å². The van der Waals surface area contributed by atoms with Crippen LogP contribution in [-0.2, 0) is 6.54 Å². The zero-order valence-electron chi connectivity index (χ0n) is 8.27. The molecule has 0 saturated heterocycles. The highest BCUT2D eigenvalue weighted by atomic mass is 79.9. The van der Waals surface area contributed by atoms with E-state index in [0.717, 1.165) is 16.7 Å². The number of nitrogens with one attached hydrogen (secondary N) is 1. The van der Waals surface area contributed by atoms with Crippen LogP contribution in [0.4, 0.5) is 0 Å². The Morgan fingerprint density at radius 2 is 2.47 bits per heavy atom. The van der Waals surface area contributed by atoms with Crippen LogP contribution in [0.25, 0.3) is 6.01 Å². The van der Waals surface area contributed by atoms with E-state index in [9.17, 15) is 0 Å². The molecule has 0 aliphatic heterocycles. The summed E-state index contributed by atoms with van der Waals surface area (Å²) in [6.07, 6.45) is 5.12. The Morgan fingerprint density at radius 1 is 1.60 bits per heavy atom. The van der Waals surface area contributed by atoms with E-state index >= 15 is 0 Å². The summed E-state index contributed by atoms with van der Waals surface area (Å²) in [6.45, 7) is 3.67. The summed E-state index contributed by atoms with van der Waals surface area (Å²) in [6, 6.07) is 0.480. The molecule has 15 heavy (non-hydrogen) atoms. The smallest absolute Gasteiger partial charge is 0.322 e. The quantitative estimate of drug-likeness (QED) is 0.920. The highest BCUT2D eigenvalue weighted by molar-refractivity contribution is 9.10. The first kappa shape index (κ1) is 10.4. The second kappa shape index (κ2) is 4.59. The molecule has 0 aromatic carbocycles. The maximum absolute atomic E-state index is 5.29. The lowest BCUT2D eigenvalue weighted by Gasteiger charge is -1.94. The van der Waals surface area contributed by atoms with Crippen molar-refractivity contribution in [2.45, 2.75) is 13.5 Å². The van der Waals surface area contributed by atoms with Crippen molar-refractivity contribution in [1.82, 2.24) is 20.1 Å². The molecule has 2 heterocycles. The van der Waals surface area contributed by atoms with Gasteiger partial charge in [0.25, 0.3) is 0 Å². The third kappa shape index (κ3) is 2.45. The number of hydrogen-bond acceptors (Lipinski definition) is 4. The lowest BCUT2D eigenvalue weighted by molar-refractivity contribution is 0.509. The minimum absolute atomic E-state index is 0.480. The molecular formula is C9H11BrN4O. The summed E-state index contributed by atoms with van der Waals surface area (Å²) in [4.78, 5) is 4.28. The largest absolute Gasteiger partial charge is 0.430 e. The third-order valence-corrected chi connectivity index (χ3v) is 2.25. The number of rotatable bonds is 4. The summed E-state index contributed by atoms with van der Waals surface area (Å²) in [5.74, 6) is 0. The van der Waals surface area contributed by atoms with Gasteiger partial charge in [-0.3, -0.25) is 0 Å². The number of nitrogens with zero attached hydrogens (tertiary/aromatic N) is 3. The topological polar surface area (TPSA) is 55.9 Å². The van der Waals surface area contributed by atoms with Gasteiger partial charge < -0.3 is 9.73 Å². The van der Waals surface area contributed by atoms with E-state index in [-0.39, 0.29) is 0 Å². The van der Waals surface area contributed by atoms with Gasteiger partial charge in [-0.15, -0.1) is 0 Å². The zero-order chi connectivity index (χ0) is 10.7. The van der Waals surface area contributed by atoms with E-state index < -0.39 is 0 Å². The molecule has 0 fully saturated rings. The minimum Gasteiger partial charge on any atom is -0.430 e. The van der Waals surface area contributed by atoms with Crippen molar-refractivity contribution in [3.05, 3.63) is 28.8 Å². The molecule has 6 heteroatoms. The van der Waals surface area contributed by atoms with Crippen LogP contribution < -0.4 is 5.32 Å². The fourth-order valence-corrected chi connectivity index (χ4v) is 1.43. The van der Waals surface area contributed by atoms with Crippen LogP contribution in [0.15, 0.2) is 27.5 Å². The molecule has 5 nitrogen and oxygen atoms in total. The Hall–Kier alpha value is -1.14. The lowest BCUT2D eigenvalue weighted by atomic mass is 10.5. The van der Waals surface area contributed by atoms with Gasteiger partial charge in [0.2, 0.25) is 0 Å². The number of halogens is 1. The molecule has 2 aromatic heterocycles. The molecule has 0 saturated carbocycles. The summed E-state index contributed by atoms with van der Waals surface area (Å²) in [5.41, 5.74) is 0.874. The van der Waals surface area contributed by atoms with Crippen LogP contribution in [0, 0.1) is 0 Å². The van der Waals surface area contributed by atoms with E-state index in [0.29, 0.717) is 12.6 Å². The minimum atomic E-state index is 0.480. The van der Waals surface area contributed by atoms with Gasteiger partial charge >= 0.3 is 6.01 Å². The van der Waals surface area contributed by atoms with Gasteiger partial charge in [0.1, 0.15) is 6.26 Å². The first-order valence-electron chi connectivity index (χ1n) is 4.65. The normalized spacial score (nSPS) is 10.8. The maximum atomic E-state index is 5.29. The Kier molecular flexibility index (Phi) is 3.17. The van der Waals surface area contributed by atoms with Crippen molar-refractivity contribution >= 4 is 15.9 Å². The molecule has 0 bridgehead atoms. The van der Waals surface area contributed by atoms with Crippen molar-refractivity contribution in [3.8, 4) is 6.01 Å². The fraction of sp³-hybridized carbons (Fsp3) is 0.333. The predicted molar refractivity (Wildman–Crippen MR) is 58.7 cm³/mol. The molecule has 0 spiro atoms. The number of aromatic nitrogens is 3. The van der Waals surface area contributed by atoms with Crippen molar-refractivity contribution in [1.29, 1.82) is 0 Å². The Bertz CT molecular complexity index is 437. The Morgan fingerprint density at radius 3 is 3.13 bits per heavy atom. The predicted octanol–water partition coefficient (Wildman–Crippen LogP) is 1.73. The molecule has 80 valence electrons. The zero-order valence-corrected chi connectivity index (χ0v) is 9.86. The first-order valence-corrected chi connectivity index (χ1v) is 5.44. The molecule has 0 amide bonds. The molecule has 0 aliphatic rings.